The molecule has 1 aliphatic rings. The van der Waals surface area contributed by atoms with Crippen LogP contribution in [0.2, 0.25) is 0 Å². The molecule has 0 aromatic heterocycles. The molecular formula is C12H24N2O2. The van der Waals surface area contributed by atoms with Gasteiger partial charge < -0.3 is 15.3 Å². The second-order valence-electron chi connectivity index (χ2n) is 4.78. The van der Waals surface area contributed by atoms with Crippen LogP contribution < -0.4 is 5.32 Å². The van der Waals surface area contributed by atoms with Crippen LogP contribution in [0.4, 0.5) is 0 Å². The first-order chi connectivity index (χ1) is 7.57. The molecule has 1 aliphatic carbocycles. The number of amides is 1. The Hall–Kier alpha value is -0.610. The smallest absolute Gasteiger partial charge is 0.223 e. The highest BCUT2D eigenvalue weighted by Gasteiger charge is 2.33. The van der Waals surface area contributed by atoms with Gasteiger partial charge in [-0.05, 0) is 19.4 Å². The molecule has 0 heterocycles. The number of nitrogens with zero attached hydrogens (tertiary/aromatic N) is 1. The van der Waals surface area contributed by atoms with Crippen LogP contribution in [0.25, 0.3) is 0 Å². The van der Waals surface area contributed by atoms with E-state index in [1.807, 2.05) is 6.92 Å². The van der Waals surface area contributed by atoms with E-state index in [1.54, 1.807) is 11.9 Å². The van der Waals surface area contributed by atoms with Gasteiger partial charge in [0.25, 0.3) is 0 Å². The highest BCUT2D eigenvalue weighted by Crippen LogP contribution is 2.29. The van der Waals surface area contributed by atoms with Crippen LogP contribution >= 0.6 is 0 Å². The lowest BCUT2D eigenvalue weighted by Gasteiger charge is -2.28. The Labute approximate surface area is 98.0 Å². The van der Waals surface area contributed by atoms with Crippen molar-refractivity contribution >= 4 is 5.91 Å². The first kappa shape index (κ1) is 13.5. The molecule has 16 heavy (non-hydrogen) atoms. The Kier molecular flexibility index (Phi) is 5.22. The molecule has 4 nitrogen and oxygen atoms in total. The van der Waals surface area contributed by atoms with E-state index >= 15 is 0 Å². The average molecular weight is 228 g/mol. The van der Waals surface area contributed by atoms with Crippen LogP contribution in [0.15, 0.2) is 0 Å². The summed E-state index contributed by atoms with van der Waals surface area (Å²) in [5, 5.41) is 13.3. The summed E-state index contributed by atoms with van der Waals surface area (Å²) < 4.78 is 0. The maximum atomic E-state index is 11.7. The number of aliphatic hydroxyl groups is 1. The van der Waals surface area contributed by atoms with E-state index in [1.165, 1.54) is 0 Å². The van der Waals surface area contributed by atoms with Crippen molar-refractivity contribution in [2.24, 2.45) is 0 Å². The summed E-state index contributed by atoms with van der Waals surface area (Å²) in [7, 11) is 1.78. The molecule has 2 N–H and O–H groups in total. The number of likely N-dealkylation sites (N-methyl/N-ethyl adjacent to an activating group) is 1. The number of rotatable bonds is 6. The summed E-state index contributed by atoms with van der Waals surface area (Å²) >= 11 is 0. The normalized spacial score (nSPS) is 18.7. The number of hydrogen-bond donors (Lipinski definition) is 2. The minimum Gasteiger partial charge on any atom is -0.388 e. The fourth-order valence-corrected chi connectivity index (χ4v) is 2.28. The van der Waals surface area contributed by atoms with Crippen molar-refractivity contribution in [2.45, 2.75) is 44.6 Å². The third-order valence-electron chi connectivity index (χ3n) is 3.26. The van der Waals surface area contributed by atoms with Crippen LogP contribution in [0.3, 0.4) is 0 Å². The predicted molar refractivity (Wildman–Crippen MR) is 64.2 cm³/mol. The summed E-state index contributed by atoms with van der Waals surface area (Å²) in [6, 6.07) is 0. The molecule has 1 rings (SSSR count). The maximum absolute atomic E-state index is 11.7. The Bertz CT molecular complexity index is 225. The van der Waals surface area contributed by atoms with E-state index in [9.17, 15) is 9.90 Å². The zero-order valence-electron chi connectivity index (χ0n) is 10.5. The molecule has 0 bridgehead atoms. The van der Waals surface area contributed by atoms with Crippen molar-refractivity contribution in [2.75, 3.05) is 26.7 Å². The maximum Gasteiger partial charge on any atom is 0.223 e. The molecule has 0 aromatic carbocycles. The second-order valence-corrected chi connectivity index (χ2v) is 4.78. The van der Waals surface area contributed by atoms with Crippen molar-refractivity contribution in [3.05, 3.63) is 0 Å². The van der Waals surface area contributed by atoms with Gasteiger partial charge >= 0.3 is 0 Å². The Morgan fingerprint density at radius 1 is 1.44 bits per heavy atom. The van der Waals surface area contributed by atoms with Crippen LogP contribution in [-0.4, -0.2) is 48.2 Å². The van der Waals surface area contributed by atoms with E-state index in [-0.39, 0.29) is 5.91 Å². The fourth-order valence-electron chi connectivity index (χ4n) is 2.28. The van der Waals surface area contributed by atoms with Crippen molar-refractivity contribution in [1.82, 2.24) is 10.2 Å². The lowest BCUT2D eigenvalue weighted by molar-refractivity contribution is -0.133. The van der Waals surface area contributed by atoms with Crippen molar-refractivity contribution in [3.63, 3.8) is 0 Å². The molecule has 0 unspecified atom stereocenters. The van der Waals surface area contributed by atoms with Crippen LogP contribution in [0, 0.1) is 0 Å². The van der Waals surface area contributed by atoms with Gasteiger partial charge in [-0.15, -0.1) is 0 Å². The Balaban J connectivity index is 2.27. The highest BCUT2D eigenvalue weighted by atomic mass is 16.3. The fraction of sp³-hybridized carbons (Fsp3) is 0.917. The van der Waals surface area contributed by atoms with Crippen LogP contribution in [0.1, 0.15) is 39.0 Å². The summed E-state index contributed by atoms with van der Waals surface area (Å²) in [6.45, 7) is 4.12. The van der Waals surface area contributed by atoms with Gasteiger partial charge in [0.1, 0.15) is 0 Å². The first-order valence-corrected chi connectivity index (χ1v) is 6.24. The largest absolute Gasteiger partial charge is 0.388 e. The molecule has 4 heteroatoms. The van der Waals surface area contributed by atoms with E-state index in [0.29, 0.717) is 13.0 Å². The SMILES string of the molecule is CCNCCC(=O)N(C)CC1(O)CCCC1. The molecule has 1 fully saturated rings. The van der Waals surface area contributed by atoms with E-state index in [2.05, 4.69) is 5.32 Å². The van der Waals surface area contributed by atoms with E-state index < -0.39 is 5.60 Å². The summed E-state index contributed by atoms with van der Waals surface area (Å²) in [4.78, 5) is 13.4. The number of nitrogens with one attached hydrogen (secondary N) is 1. The number of carbonyl (C=O) groups excluding carboxylic acids is 1. The molecular weight excluding hydrogens is 204 g/mol. The van der Waals surface area contributed by atoms with Crippen molar-refractivity contribution in [3.8, 4) is 0 Å². The lowest BCUT2D eigenvalue weighted by atomic mass is 10.0. The van der Waals surface area contributed by atoms with E-state index in [0.717, 1.165) is 38.8 Å². The van der Waals surface area contributed by atoms with Gasteiger partial charge in [-0.1, -0.05) is 19.8 Å². The standard InChI is InChI=1S/C12H24N2O2/c1-3-13-9-6-11(15)14(2)10-12(16)7-4-5-8-12/h13,16H,3-10H2,1-2H3. The minimum absolute atomic E-state index is 0.112. The third kappa shape index (κ3) is 4.10. The van der Waals surface area contributed by atoms with Gasteiger partial charge in [0, 0.05) is 26.6 Å². The van der Waals surface area contributed by atoms with Crippen molar-refractivity contribution < 1.29 is 9.90 Å². The molecule has 0 spiro atoms. The molecule has 0 saturated heterocycles. The molecule has 1 amide bonds. The lowest BCUT2D eigenvalue weighted by Crippen LogP contribution is -2.42. The van der Waals surface area contributed by atoms with Gasteiger partial charge in [-0.2, -0.15) is 0 Å². The van der Waals surface area contributed by atoms with Gasteiger partial charge in [0.05, 0.1) is 5.60 Å². The van der Waals surface area contributed by atoms with Gasteiger partial charge in [0.2, 0.25) is 5.91 Å². The molecule has 0 atom stereocenters. The molecule has 0 radical (unpaired) electrons. The van der Waals surface area contributed by atoms with Gasteiger partial charge in [-0.3, -0.25) is 4.79 Å². The minimum atomic E-state index is -0.622. The summed E-state index contributed by atoms with van der Waals surface area (Å²) in [5.41, 5.74) is -0.622. The molecule has 0 aliphatic heterocycles. The zero-order valence-corrected chi connectivity index (χ0v) is 10.5. The van der Waals surface area contributed by atoms with E-state index in [4.69, 9.17) is 0 Å². The quantitative estimate of drug-likeness (QED) is 0.660. The predicted octanol–water partition coefficient (Wildman–Crippen LogP) is 0.749. The van der Waals surface area contributed by atoms with Crippen LogP contribution in [0.5, 0.6) is 0 Å². The summed E-state index contributed by atoms with van der Waals surface area (Å²) in [6.07, 6.45) is 4.34. The molecule has 0 aromatic rings. The number of hydrogen-bond acceptors (Lipinski definition) is 3. The molecule has 1 saturated carbocycles. The topological polar surface area (TPSA) is 52.6 Å². The van der Waals surface area contributed by atoms with Crippen molar-refractivity contribution in [1.29, 1.82) is 0 Å². The summed E-state index contributed by atoms with van der Waals surface area (Å²) in [5.74, 6) is 0.112. The third-order valence-corrected chi connectivity index (χ3v) is 3.26. The molecule has 94 valence electrons. The van der Waals surface area contributed by atoms with Gasteiger partial charge in [-0.25, -0.2) is 0 Å². The van der Waals surface area contributed by atoms with Crippen LogP contribution in [-0.2, 0) is 4.79 Å². The number of carbonyl (C=O) groups is 1. The van der Waals surface area contributed by atoms with Gasteiger partial charge in [0.15, 0.2) is 0 Å². The Morgan fingerprint density at radius 3 is 2.62 bits per heavy atom. The second kappa shape index (κ2) is 6.21. The first-order valence-electron chi connectivity index (χ1n) is 6.24. The zero-order chi connectivity index (χ0) is 12.0. The average Bonchev–Trinajstić information content (AvgIpc) is 2.65. The monoisotopic (exact) mass is 228 g/mol. The Morgan fingerprint density at radius 2 is 2.06 bits per heavy atom. The highest BCUT2D eigenvalue weighted by molar-refractivity contribution is 5.76.